The highest BCUT2D eigenvalue weighted by Gasteiger charge is 2.47. The van der Waals surface area contributed by atoms with Crippen LogP contribution in [0.4, 0.5) is 0 Å². The van der Waals surface area contributed by atoms with Crippen molar-refractivity contribution in [1.82, 2.24) is 4.31 Å². The quantitative estimate of drug-likeness (QED) is 0.862. The number of nitrogens with zero attached hydrogens (tertiary/aromatic N) is 1. The van der Waals surface area contributed by atoms with E-state index in [0.717, 1.165) is 36.8 Å². The Morgan fingerprint density at radius 2 is 1.76 bits per heavy atom. The fourth-order valence-corrected chi connectivity index (χ4v) is 5.97. The van der Waals surface area contributed by atoms with Crippen molar-refractivity contribution in [2.24, 2.45) is 0 Å². The summed E-state index contributed by atoms with van der Waals surface area (Å²) in [5.74, 6) is 0. The first-order chi connectivity index (χ1) is 9.93. The molecule has 21 heavy (non-hydrogen) atoms. The molecule has 2 fully saturated rings. The van der Waals surface area contributed by atoms with Crippen molar-refractivity contribution in [3.63, 3.8) is 0 Å². The maximum atomic E-state index is 13.1. The van der Waals surface area contributed by atoms with Crippen molar-refractivity contribution < 1.29 is 13.2 Å². The van der Waals surface area contributed by atoms with Crippen LogP contribution in [0, 0.1) is 13.8 Å². The number of hydrogen-bond donors (Lipinski definition) is 0. The monoisotopic (exact) mass is 309 g/mol. The Morgan fingerprint density at radius 1 is 1.14 bits per heavy atom. The lowest BCUT2D eigenvalue weighted by Gasteiger charge is -2.37. The van der Waals surface area contributed by atoms with Crippen LogP contribution in [0.15, 0.2) is 23.1 Å². The first kappa shape index (κ1) is 15.0. The van der Waals surface area contributed by atoms with Gasteiger partial charge < -0.3 is 4.74 Å². The number of aryl methyl sites for hydroxylation is 2. The largest absolute Gasteiger partial charge is 0.381 e. The van der Waals surface area contributed by atoms with Crippen LogP contribution in [0.1, 0.15) is 36.8 Å². The van der Waals surface area contributed by atoms with E-state index in [4.69, 9.17) is 4.74 Å². The minimum Gasteiger partial charge on any atom is -0.381 e. The SMILES string of the molecule is COC1CC2CCC(C1)N2S(=O)(=O)c1cc(C)ccc1C. The third-order valence-corrected chi connectivity index (χ3v) is 7.00. The number of piperidine rings is 1. The first-order valence-corrected chi connectivity index (χ1v) is 9.01. The van der Waals surface area contributed by atoms with Crippen molar-refractivity contribution in [1.29, 1.82) is 0 Å². The molecule has 0 amide bonds. The molecule has 2 heterocycles. The summed E-state index contributed by atoms with van der Waals surface area (Å²) < 4.78 is 33.4. The van der Waals surface area contributed by atoms with E-state index in [9.17, 15) is 8.42 Å². The third kappa shape index (κ3) is 2.51. The maximum absolute atomic E-state index is 13.1. The van der Waals surface area contributed by atoms with Gasteiger partial charge in [0.15, 0.2) is 0 Å². The normalized spacial score (nSPS) is 29.8. The Morgan fingerprint density at radius 3 is 2.33 bits per heavy atom. The van der Waals surface area contributed by atoms with Crippen molar-refractivity contribution in [3.8, 4) is 0 Å². The van der Waals surface area contributed by atoms with Gasteiger partial charge in [0.25, 0.3) is 0 Å². The van der Waals surface area contributed by atoms with E-state index in [1.54, 1.807) is 17.5 Å². The topological polar surface area (TPSA) is 46.6 Å². The molecule has 2 aliphatic heterocycles. The molecular weight excluding hydrogens is 286 g/mol. The van der Waals surface area contributed by atoms with Crippen molar-refractivity contribution in [2.75, 3.05) is 7.11 Å². The Kier molecular flexibility index (Phi) is 3.84. The predicted molar refractivity (Wildman–Crippen MR) is 81.8 cm³/mol. The first-order valence-electron chi connectivity index (χ1n) is 7.57. The minimum atomic E-state index is -3.40. The van der Waals surface area contributed by atoms with Gasteiger partial charge in [0.1, 0.15) is 0 Å². The average molecular weight is 309 g/mol. The Bertz CT molecular complexity index is 627. The zero-order chi connectivity index (χ0) is 15.2. The molecule has 0 aromatic heterocycles. The lowest BCUT2D eigenvalue weighted by atomic mass is 10.0. The van der Waals surface area contributed by atoms with E-state index >= 15 is 0 Å². The zero-order valence-electron chi connectivity index (χ0n) is 12.9. The van der Waals surface area contributed by atoms with Crippen LogP contribution in [0.3, 0.4) is 0 Å². The summed E-state index contributed by atoms with van der Waals surface area (Å²) in [5.41, 5.74) is 1.81. The van der Waals surface area contributed by atoms with Gasteiger partial charge in [-0.2, -0.15) is 4.31 Å². The van der Waals surface area contributed by atoms with Crippen LogP contribution in [-0.2, 0) is 14.8 Å². The molecule has 2 saturated heterocycles. The number of fused-ring (bicyclic) bond motifs is 2. The van der Waals surface area contributed by atoms with Gasteiger partial charge in [0, 0.05) is 19.2 Å². The minimum absolute atomic E-state index is 0.0959. The molecule has 1 aromatic rings. The molecule has 2 unspecified atom stereocenters. The van der Waals surface area contributed by atoms with Gasteiger partial charge in [0.05, 0.1) is 11.0 Å². The van der Waals surface area contributed by atoms with Crippen LogP contribution in [0.2, 0.25) is 0 Å². The molecule has 2 atom stereocenters. The van der Waals surface area contributed by atoms with E-state index in [0.29, 0.717) is 4.90 Å². The highest BCUT2D eigenvalue weighted by Crippen LogP contribution is 2.41. The second-order valence-corrected chi connectivity index (χ2v) is 8.13. The molecule has 0 spiro atoms. The molecule has 2 aliphatic rings. The van der Waals surface area contributed by atoms with Gasteiger partial charge in [-0.3, -0.25) is 0 Å². The van der Waals surface area contributed by atoms with E-state index in [2.05, 4.69) is 0 Å². The molecule has 4 nitrogen and oxygen atoms in total. The lowest BCUT2D eigenvalue weighted by molar-refractivity contribution is 0.0349. The van der Waals surface area contributed by atoms with Crippen LogP contribution in [0.25, 0.3) is 0 Å². The number of hydrogen-bond acceptors (Lipinski definition) is 3. The summed E-state index contributed by atoms with van der Waals surface area (Å²) in [6, 6.07) is 5.84. The predicted octanol–water partition coefficient (Wildman–Crippen LogP) is 2.63. The van der Waals surface area contributed by atoms with Gasteiger partial charge in [-0.25, -0.2) is 8.42 Å². The van der Waals surface area contributed by atoms with E-state index in [1.807, 2.05) is 26.0 Å². The maximum Gasteiger partial charge on any atom is 0.243 e. The molecule has 1 aromatic carbocycles. The fourth-order valence-electron chi connectivity index (χ4n) is 3.77. The van der Waals surface area contributed by atoms with Crippen LogP contribution < -0.4 is 0 Å². The molecule has 0 aliphatic carbocycles. The summed E-state index contributed by atoms with van der Waals surface area (Å²) >= 11 is 0. The Balaban J connectivity index is 1.98. The van der Waals surface area contributed by atoms with Crippen LogP contribution in [-0.4, -0.2) is 38.0 Å². The molecule has 5 heteroatoms. The molecule has 116 valence electrons. The third-order valence-electron chi connectivity index (χ3n) is 4.86. The van der Waals surface area contributed by atoms with Crippen LogP contribution in [0.5, 0.6) is 0 Å². The Hall–Kier alpha value is -0.910. The van der Waals surface area contributed by atoms with Gasteiger partial charge in [-0.15, -0.1) is 0 Å². The average Bonchev–Trinajstić information content (AvgIpc) is 2.73. The van der Waals surface area contributed by atoms with Gasteiger partial charge in [-0.05, 0) is 56.7 Å². The van der Waals surface area contributed by atoms with Crippen LogP contribution >= 0.6 is 0 Å². The number of methoxy groups -OCH3 is 1. The fraction of sp³-hybridized carbons (Fsp3) is 0.625. The molecule has 2 bridgehead atoms. The number of rotatable bonds is 3. The smallest absolute Gasteiger partial charge is 0.243 e. The number of sulfonamides is 1. The molecule has 0 saturated carbocycles. The number of ether oxygens (including phenoxy) is 1. The molecule has 0 radical (unpaired) electrons. The lowest BCUT2D eigenvalue weighted by Crippen LogP contribution is -2.48. The van der Waals surface area contributed by atoms with Gasteiger partial charge >= 0.3 is 0 Å². The number of benzene rings is 1. The van der Waals surface area contributed by atoms with Crippen molar-refractivity contribution >= 4 is 10.0 Å². The van der Waals surface area contributed by atoms with E-state index < -0.39 is 10.0 Å². The zero-order valence-corrected chi connectivity index (χ0v) is 13.7. The van der Waals surface area contributed by atoms with Gasteiger partial charge in [0.2, 0.25) is 10.0 Å². The van der Waals surface area contributed by atoms with Crippen molar-refractivity contribution in [2.45, 2.75) is 62.6 Å². The standard InChI is InChI=1S/C16H23NO3S/c1-11-4-5-12(2)16(8-11)21(18,19)17-13-6-7-14(17)10-15(9-13)20-3/h4-5,8,13-15H,6-7,9-10H2,1-3H3. The van der Waals surface area contributed by atoms with E-state index in [1.165, 1.54) is 0 Å². The van der Waals surface area contributed by atoms with Gasteiger partial charge in [-0.1, -0.05) is 12.1 Å². The highest BCUT2D eigenvalue weighted by molar-refractivity contribution is 7.89. The summed E-state index contributed by atoms with van der Waals surface area (Å²) in [6.07, 6.45) is 3.74. The highest BCUT2D eigenvalue weighted by atomic mass is 32.2. The summed E-state index contributed by atoms with van der Waals surface area (Å²) in [6.45, 7) is 3.81. The Labute approximate surface area is 127 Å². The summed E-state index contributed by atoms with van der Waals surface area (Å²) in [4.78, 5) is 0.468. The van der Waals surface area contributed by atoms with Crippen molar-refractivity contribution in [3.05, 3.63) is 29.3 Å². The molecule has 0 N–H and O–H groups in total. The summed E-state index contributed by atoms with van der Waals surface area (Å²) in [5, 5.41) is 0. The van der Waals surface area contributed by atoms with E-state index in [-0.39, 0.29) is 18.2 Å². The molecule has 3 rings (SSSR count). The second-order valence-electron chi connectivity index (χ2n) is 6.32. The second kappa shape index (κ2) is 5.38. The molecular formula is C16H23NO3S. The summed E-state index contributed by atoms with van der Waals surface area (Å²) in [7, 11) is -1.68.